The van der Waals surface area contributed by atoms with Crippen LogP contribution in [-0.2, 0) is 10.0 Å². The van der Waals surface area contributed by atoms with E-state index in [0.717, 1.165) is 11.3 Å². The molecule has 6 nitrogen and oxygen atoms in total. The third kappa shape index (κ3) is 5.03. The first-order valence-corrected chi connectivity index (χ1v) is 12.0. The van der Waals surface area contributed by atoms with Gasteiger partial charge in [0, 0.05) is 37.9 Å². The van der Waals surface area contributed by atoms with Gasteiger partial charge >= 0.3 is 0 Å². The molecule has 0 aromatic carbocycles. The van der Waals surface area contributed by atoms with E-state index < -0.39 is 10.0 Å². The molecule has 27 heavy (non-hydrogen) atoms. The van der Waals surface area contributed by atoms with Crippen LogP contribution in [0.2, 0.25) is 8.67 Å². The number of likely N-dealkylation sites (N-methyl/N-ethyl adjacent to an activating group) is 1. The fourth-order valence-electron chi connectivity index (χ4n) is 2.53. The molecule has 1 fully saturated rings. The van der Waals surface area contributed by atoms with Crippen molar-refractivity contribution >= 4 is 62.1 Å². The maximum atomic E-state index is 12.7. The molecule has 11 heteroatoms. The minimum Gasteiger partial charge on any atom is -0.304 e. The average molecular weight is 466 g/mol. The van der Waals surface area contributed by atoms with Gasteiger partial charge in [-0.2, -0.15) is 4.31 Å². The molecule has 0 aliphatic carbocycles. The van der Waals surface area contributed by atoms with Gasteiger partial charge < -0.3 is 4.90 Å². The van der Waals surface area contributed by atoms with Gasteiger partial charge in [0.15, 0.2) is 5.78 Å². The maximum absolute atomic E-state index is 12.7. The number of thioether (sulfide) groups is 1. The van der Waals surface area contributed by atoms with Gasteiger partial charge in [0.25, 0.3) is 0 Å². The summed E-state index contributed by atoms with van der Waals surface area (Å²) in [5.41, 5.74) is 0.397. The lowest BCUT2D eigenvalue weighted by molar-refractivity contribution is 0.102. The van der Waals surface area contributed by atoms with E-state index >= 15 is 0 Å². The predicted octanol–water partition coefficient (Wildman–Crippen LogP) is 3.36. The van der Waals surface area contributed by atoms with E-state index in [2.05, 4.69) is 9.88 Å². The summed E-state index contributed by atoms with van der Waals surface area (Å²) in [6.07, 6.45) is 1.34. The molecule has 146 valence electrons. The molecule has 0 saturated carbocycles. The van der Waals surface area contributed by atoms with Gasteiger partial charge in [0.05, 0.1) is 15.1 Å². The summed E-state index contributed by atoms with van der Waals surface area (Å²) in [4.78, 5) is 18.7. The van der Waals surface area contributed by atoms with Gasteiger partial charge in [-0.3, -0.25) is 4.79 Å². The number of hydrogen-bond acceptors (Lipinski definition) is 7. The molecule has 0 N–H and O–H groups in total. The van der Waals surface area contributed by atoms with Crippen molar-refractivity contribution in [3.8, 4) is 0 Å². The number of rotatable bonds is 6. The van der Waals surface area contributed by atoms with Crippen LogP contribution < -0.4 is 0 Å². The summed E-state index contributed by atoms with van der Waals surface area (Å²) < 4.78 is 27.7. The van der Waals surface area contributed by atoms with Crippen LogP contribution >= 0.6 is 46.3 Å². The molecule has 0 unspecified atom stereocenters. The zero-order chi connectivity index (χ0) is 19.6. The van der Waals surface area contributed by atoms with Crippen molar-refractivity contribution < 1.29 is 13.2 Å². The van der Waals surface area contributed by atoms with Crippen LogP contribution in [0, 0.1) is 0 Å². The molecular formula is C16H17Cl2N3O3S3. The number of carbonyl (C=O) groups is 1. The largest absolute Gasteiger partial charge is 0.304 e. The summed E-state index contributed by atoms with van der Waals surface area (Å²) in [7, 11) is -1.57. The highest BCUT2D eigenvalue weighted by Gasteiger charge is 2.27. The number of aromatic nitrogens is 1. The smallest absolute Gasteiger partial charge is 0.244 e. The van der Waals surface area contributed by atoms with Gasteiger partial charge in [0.1, 0.15) is 9.23 Å². The van der Waals surface area contributed by atoms with Crippen molar-refractivity contribution in [3.63, 3.8) is 0 Å². The summed E-state index contributed by atoms with van der Waals surface area (Å²) >= 11 is 14.2. The van der Waals surface area contributed by atoms with Crippen LogP contribution in [0.4, 0.5) is 0 Å². The Kier molecular flexibility index (Phi) is 6.83. The first kappa shape index (κ1) is 21.0. The quantitative estimate of drug-likeness (QED) is 0.481. The maximum Gasteiger partial charge on any atom is 0.244 e. The molecule has 0 spiro atoms. The summed E-state index contributed by atoms with van der Waals surface area (Å²) in [5, 5.41) is 0.568. The lowest BCUT2D eigenvalue weighted by atomic mass is 10.2. The predicted molar refractivity (Wildman–Crippen MR) is 110 cm³/mol. The Morgan fingerprint density at radius 2 is 1.96 bits per heavy atom. The van der Waals surface area contributed by atoms with E-state index in [9.17, 15) is 13.2 Å². The van der Waals surface area contributed by atoms with E-state index in [1.54, 1.807) is 12.1 Å². The van der Waals surface area contributed by atoms with Crippen LogP contribution in [0.3, 0.4) is 0 Å². The van der Waals surface area contributed by atoms with Gasteiger partial charge in [0.2, 0.25) is 10.0 Å². The number of nitrogens with zero attached hydrogens (tertiary/aromatic N) is 3. The molecule has 0 bridgehead atoms. The highest BCUT2D eigenvalue weighted by atomic mass is 35.5. The number of ketones is 1. The molecule has 0 atom stereocenters. The monoisotopic (exact) mass is 465 g/mol. The van der Waals surface area contributed by atoms with Gasteiger partial charge in [-0.1, -0.05) is 35.0 Å². The molecule has 0 amide bonds. The Hall–Kier alpha value is -0.680. The number of hydrogen-bond donors (Lipinski definition) is 0. The minimum atomic E-state index is -3.54. The van der Waals surface area contributed by atoms with E-state index in [1.807, 2.05) is 7.05 Å². The standard InChI is InChI=1S/C16H17Cl2N3O3S3/c1-20-4-6-21(7-5-20)27(23,24)11-2-3-15(19-9-11)25-10-13(22)12-8-14(17)26-16(12)18/h2-3,8-9H,4-7,10H2,1H3. The Morgan fingerprint density at radius 3 is 2.52 bits per heavy atom. The Labute approximate surface area is 176 Å². The Balaban J connectivity index is 1.63. The number of carbonyl (C=O) groups excluding carboxylic acids is 1. The molecule has 1 saturated heterocycles. The highest BCUT2D eigenvalue weighted by Crippen LogP contribution is 2.32. The average Bonchev–Trinajstić information content (AvgIpc) is 2.99. The van der Waals surface area contributed by atoms with Crippen molar-refractivity contribution in [2.24, 2.45) is 0 Å². The highest BCUT2D eigenvalue weighted by molar-refractivity contribution is 7.99. The van der Waals surface area contributed by atoms with Crippen LogP contribution in [0.15, 0.2) is 34.3 Å². The summed E-state index contributed by atoms with van der Waals surface area (Å²) in [5.74, 6) is -0.00580. The third-order valence-corrected chi connectivity index (χ3v) is 8.43. The number of Topliss-reactive ketones (excluding diaryl/α,β-unsaturated/α-hetero) is 1. The topological polar surface area (TPSA) is 70.6 Å². The molecule has 0 radical (unpaired) electrons. The van der Waals surface area contributed by atoms with E-state index in [1.165, 1.54) is 28.3 Å². The zero-order valence-corrected chi connectivity index (χ0v) is 18.4. The minimum absolute atomic E-state index is 0.143. The SMILES string of the molecule is CN1CCN(S(=O)(=O)c2ccc(SCC(=O)c3cc(Cl)sc3Cl)nc2)CC1. The second-order valence-corrected chi connectivity index (χ2v) is 11.2. The van der Waals surface area contributed by atoms with E-state index in [0.29, 0.717) is 45.4 Å². The Bertz CT molecular complexity index is 924. The fraction of sp³-hybridized carbons (Fsp3) is 0.375. The van der Waals surface area contributed by atoms with Crippen LogP contribution in [0.25, 0.3) is 0 Å². The van der Waals surface area contributed by atoms with E-state index in [-0.39, 0.29) is 16.4 Å². The zero-order valence-electron chi connectivity index (χ0n) is 14.4. The number of pyridine rings is 1. The number of piperazine rings is 1. The van der Waals surface area contributed by atoms with Crippen molar-refractivity contribution in [3.05, 3.63) is 38.6 Å². The normalized spacial score (nSPS) is 16.6. The summed E-state index contributed by atoms with van der Waals surface area (Å²) in [6, 6.07) is 4.70. The summed E-state index contributed by atoms with van der Waals surface area (Å²) in [6.45, 7) is 2.34. The number of sulfonamides is 1. The Morgan fingerprint density at radius 1 is 1.26 bits per heavy atom. The van der Waals surface area contributed by atoms with Crippen molar-refractivity contribution in [2.45, 2.75) is 9.92 Å². The molecule has 2 aromatic heterocycles. The number of halogens is 2. The molecule has 1 aliphatic heterocycles. The lowest BCUT2D eigenvalue weighted by Gasteiger charge is -2.31. The molecule has 2 aromatic rings. The molecular weight excluding hydrogens is 449 g/mol. The molecule has 1 aliphatic rings. The van der Waals surface area contributed by atoms with Crippen LogP contribution in [0.5, 0.6) is 0 Å². The lowest BCUT2D eigenvalue weighted by Crippen LogP contribution is -2.47. The van der Waals surface area contributed by atoms with Crippen molar-refractivity contribution in [2.75, 3.05) is 39.0 Å². The van der Waals surface area contributed by atoms with Gasteiger partial charge in [-0.15, -0.1) is 11.3 Å². The van der Waals surface area contributed by atoms with Crippen molar-refractivity contribution in [1.29, 1.82) is 0 Å². The van der Waals surface area contributed by atoms with Crippen LogP contribution in [0.1, 0.15) is 10.4 Å². The number of thiophene rings is 1. The molecule has 3 rings (SSSR count). The first-order chi connectivity index (χ1) is 12.8. The second kappa shape index (κ2) is 8.77. The van der Waals surface area contributed by atoms with Crippen molar-refractivity contribution in [1.82, 2.24) is 14.2 Å². The fourth-order valence-corrected chi connectivity index (χ4v) is 6.12. The second-order valence-electron chi connectivity index (χ2n) is 5.99. The third-order valence-electron chi connectivity index (χ3n) is 4.12. The van der Waals surface area contributed by atoms with Crippen LogP contribution in [-0.4, -0.2) is 67.4 Å². The van der Waals surface area contributed by atoms with Gasteiger partial charge in [-0.05, 0) is 25.2 Å². The van der Waals surface area contributed by atoms with E-state index in [4.69, 9.17) is 23.2 Å². The molecule has 3 heterocycles. The first-order valence-electron chi connectivity index (χ1n) is 8.03. The van der Waals surface area contributed by atoms with Gasteiger partial charge in [-0.25, -0.2) is 13.4 Å².